The summed E-state index contributed by atoms with van der Waals surface area (Å²) in [5.74, 6) is -1.36. The second kappa shape index (κ2) is 8.73. The lowest BCUT2D eigenvalue weighted by Crippen LogP contribution is -2.29. The Kier molecular flexibility index (Phi) is 6.39. The Balaban J connectivity index is 1.78. The van der Waals surface area contributed by atoms with Crippen LogP contribution in [-0.2, 0) is 16.0 Å². The Morgan fingerprint density at radius 1 is 1.00 bits per heavy atom. The van der Waals surface area contributed by atoms with E-state index >= 15 is 0 Å². The summed E-state index contributed by atoms with van der Waals surface area (Å²) in [6.45, 7) is 1.68. The van der Waals surface area contributed by atoms with Crippen molar-refractivity contribution in [1.82, 2.24) is 5.32 Å². The third-order valence-corrected chi connectivity index (χ3v) is 3.55. The van der Waals surface area contributed by atoms with Gasteiger partial charge in [-0.1, -0.05) is 30.3 Å². The molecule has 0 unspecified atom stereocenters. The summed E-state index contributed by atoms with van der Waals surface area (Å²) in [6, 6.07) is 12.8. The fraction of sp³-hybridized carbons (Fsp3) is 0.211. The third-order valence-electron chi connectivity index (χ3n) is 3.55. The van der Waals surface area contributed by atoms with Gasteiger partial charge in [-0.2, -0.15) is 0 Å². The van der Waals surface area contributed by atoms with Crippen LogP contribution in [-0.4, -0.2) is 24.1 Å². The molecule has 0 aliphatic heterocycles. The fourth-order valence-corrected chi connectivity index (χ4v) is 2.27. The van der Waals surface area contributed by atoms with Crippen molar-refractivity contribution in [3.63, 3.8) is 0 Å². The van der Waals surface area contributed by atoms with Gasteiger partial charge in [-0.25, -0.2) is 4.39 Å². The molecule has 0 fully saturated rings. The highest BCUT2D eigenvalue weighted by Crippen LogP contribution is 2.11. The van der Waals surface area contributed by atoms with Crippen LogP contribution >= 0.6 is 0 Å². The maximum absolute atomic E-state index is 13.5. The summed E-state index contributed by atoms with van der Waals surface area (Å²) in [6.07, 6.45) is 0.00224. The number of amides is 2. The number of carbonyl (C=O) groups excluding carboxylic acids is 3. The second-order valence-electron chi connectivity index (χ2n) is 5.55. The van der Waals surface area contributed by atoms with E-state index in [0.29, 0.717) is 23.2 Å². The predicted octanol–water partition coefficient (Wildman–Crippen LogP) is 2.72. The van der Waals surface area contributed by atoms with E-state index in [1.807, 2.05) is 0 Å². The van der Waals surface area contributed by atoms with Crippen LogP contribution in [0.5, 0.6) is 0 Å². The molecule has 2 N–H and O–H groups in total. The highest BCUT2D eigenvalue weighted by molar-refractivity contribution is 6.04. The molecule has 0 spiro atoms. The van der Waals surface area contributed by atoms with Gasteiger partial charge in [0.1, 0.15) is 12.2 Å². The van der Waals surface area contributed by atoms with E-state index in [4.69, 9.17) is 0 Å². The van der Waals surface area contributed by atoms with Gasteiger partial charge in [-0.05, 0) is 37.1 Å². The lowest BCUT2D eigenvalue weighted by Gasteiger charge is -2.08. The van der Waals surface area contributed by atoms with E-state index < -0.39 is 11.8 Å². The summed E-state index contributed by atoms with van der Waals surface area (Å²) in [5, 5.41) is 5.16. The molecule has 0 saturated heterocycles. The highest BCUT2D eigenvalue weighted by atomic mass is 19.1. The van der Waals surface area contributed by atoms with Crippen LogP contribution < -0.4 is 10.6 Å². The molecule has 0 aromatic heterocycles. The molecule has 0 radical (unpaired) electrons. The Labute approximate surface area is 145 Å². The zero-order chi connectivity index (χ0) is 18.2. The lowest BCUT2D eigenvalue weighted by molar-refractivity contribution is -0.126. The monoisotopic (exact) mass is 342 g/mol. The number of nitrogens with one attached hydrogen (secondary N) is 2. The maximum atomic E-state index is 13.5. The predicted molar refractivity (Wildman–Crippen MR) is 92.8 cm³/mol. The first-order chi connectivity index (χ1) is 12.0. The molecule has 0 heterocycles. The minimum atomic E-state index is -0.482. The largest absolute Gasteiger partial charge is 0.355 e. The molecule has 0 atom stereocenters. The molecular formula is C19H19FN2O3. The van der Waals surface area contributed by atoms with Crippen molar-refractivity contribution in [3.8, 4) is 0 Å². The van der Waals surface area contributed by atoms with Crippen LogP contribution in [0.25, 0.3) is 0 Å². The summed E-state index contributed by atoms with van der Waals surface area (Å²) in [5.41, 5.74) is 1.44. The molecule has 2 amide bonds. The van der Waals surface area contributed by atoms with Gasteiger partial charge in [0.15, 0.2) is 5.78 Å². The first-order valence-electron chi connectivity index (χ1n) is 7.86. The standard InChI is InChI=1S/C19H19FN2O3/c1-13(23)15-6-4-7-16(11-15)22-19(25)12-18(24)21-10-9-14-5-2-3-8-17(14)20/h2-8,11H,9-10,12H2,1H3,(H,21,24)(H,22,25). The summed E-state index contributed by atoms with van der Waals surface area (Å²) in [4.78, 5) is 35.0. The van der Waals surface area contributed by atoms with Crippen molar-refractivity contribution in [2.45, 2.75) is 19.8 Å². The molecule has 5 nitrogen and oxygen atoms in total. The summed E-state index contributed by atoms with van der Waals surface area (Å²) in [7, 11) is 0. The van der Waals surface area contributed by atoms with Crippen molar-refractivity contribution in [2.75, 3.05) is 11.9 Å². The SMILES string of the molecule is CC(=O)c1cccc(NC(=O)CC(=O)NCCc2ccccc2F)c1. The number of carbonyl (C=O) groups is 3. The molecule has 2 aromatic carbocycles. The van der Waals surface area contributed by atoms with Crippen LogP contribution in [0.1, 0.15) is 29.3 Å². The number of halogens is 1. The van der Waals surface area contributed by atoms with Crippen molar-refractivity contribution >= 4 is 23.3 Å². The average molecular weight is 342 g/mol. The van der Waals surface area contributed by atoms with Crippen LogP contribution in [0, 0.1) is 5.82 Å². The maximum Gasteiger partial charge on any atom is 0.233 e. The smallest absolute Gasteiger partial charge is 0.233 e. The number of ketones is 1. The zero-order valence-electron chi connectivity index (χ0n) is 13.8. The van der Waals surface area contributed by atoms with E-state index in [-0.39, 0.29) is 24.6 Å². The molecule has 130 valence electrons. The van der Waals surface area contributed by atoms with Crippen LogP contribution in [0.15, 0.2) is 48.5 Å². The number of benzene rings is 2. The van der Waals surface area contributed by atoms with E-state index in [1.165, 1.54) is 13.0 Å². The third kappa shape index (κ3) is 5.84. The fourth-order valence-electron chi connectivity index (χ4n) is 2.27. The van der Waals surface area contributed by atoms with E-state index in [1.54, 1.807) is 42.5 Å². The zero-order valence-corrected chi connectivity index (χ0v) is 13.8. The van der Waals surface area contributed by atoms with Gasteiger partial charge in [0.25, 0.3) is 0 Å². The first kappa shape index (κ1) is 18.3. The van der Waals surface area contributed by atoms with Gasteiger partial charge in [0.05, 0.1) is 0 Å². The Morgan fingerprint density at radius 3 is 2.48 bits per heavy atom. The molecule has 0 bridgehead atoms. The van der Waals surface area contributed by atoms with Crippen LogP contribution in [0.4, 0.5) is 10.1 Å². The molecule has 2 rings (SSSR count). The molecule has 0 aliphatic rings. The number of hydrogen-bond acceptors (Lipinski definition) is 3. The lowest BCUT2D eigenvalue weighted by atomic mass is 10.1. The number of rotatable bonds is 7. The summed E-state index contributed by atoms with van der Waals surface area (Å²) >= 11 is 0. The van der Waals surface area contributed by atoms with Crippen molar-refractivity contribution in [2.24, 2.45) is 0 Å². The van der Waals surface area contributed by atoms with Gasteiger partial charge in [0.2, 0.25) is 11.8 Å². The van der Waals surface area contributed by atoms with Crippen molar-refractivity contribution in [3.05, 3.63) is 65.5 Å². The Morgan fingerprint density at radius 2 is 1.76 bits per heavy atom. The Bertz CT molecular complexity index is 790. The van der Waals surface area contributed by atoms with Crippen molar-refractivity contribution < 1.29 is 18.8 Å². The van der Waals surface area contributed by atoms with Gasteiger partial charge < -0.3 is 10.6 Å². The minimum Gasteiger partial charge on any atom is -0.355 e. The molecule has 2 aromatic rings. The van der Waals surface area contributed by atoms with E-state index in [0.717, 1.165) is 0 Å². The van der Waals surface area contributed by atoms with Crippen LogP contribution in [0.3, 0.4) is 0 Å². The molecule has 25 heavy (non-hydrogen) atoms. The van der Waals surface area contributed by atoms with Crippen LogP contribution in [0.2, 0.25) is 0 Å². The minimum absolute atomic E-state index is 0.109. The molecule has 0 aliphatic carbocycles. The van der Waals surface area contributed by atoms with E-state index in [9.17, 15) is 18.8 Å². The number of Topliss-reactive ketones (excluding diaryl/α,β-unsaturated/α-hetero) is 1. The van der Waals surface area contributed by atoms with Gasteiger partial charge in [-0.15, -0.1) is 0 Å². The molecular weight excluding hydrogens is 323 g/mol. The molecule has 6 heteroatoms. The summed E-state index contributed by atoms with van der Waals surface area (Å²) < 4.78 is 13.5. The second-order valence-corrected chi connectivity index (χ2v) is 5.55. The normalized spacial score (nSPS) is 10.2. The molecule has 0 saturated carbocycles. The quantitative estimate of drug-likeness (QED) is 0.600. The van der Waals surface area contributed by atoms with Crippen molar-refractivity contribution in [1.29, 1.82) is 0 Å². The highest BCUT2D eigenvalue weighted by Gasteiger charge is 2.10. The topological polar surface area (TPSA) is 75.3 Å². The Hall–Kier alpha value is -3.02. The van der Waals surface area contributed by atoms with Gasteiger partial charge in [0, 0.05) is 17.8 Å². The van der Waals surface area contributed by atoms with Gasteiger partial charge >= 0.3 is 0 Å². The first-order valence-corrected chi connectivity index (χ1v) is 7.86. The average Bonchev–Trinajstić information content (AvgIpc) is 2.56. The van der Waals surface area contributed by atoms with Gasteiger partial charge in [-0.3, -0.25) is 14.4 Å². The number of hydrogen-bond donors (Lipinski definition) is 2. The van der Waals surface area contributed by atoms with E-state index in [2.05, 4.69) is 10.6 Å². The number of anilines is 1.